The van der Waals surface area contributed by atoms with Gasteiger partial charge >= 0.3 is 5.97 Å². The first-order chi connectivity index (χ1) is 16.3. The van der Waals surface area contributed by atoms with Gasteiger partial charge in [0.25, 0.3) is 0 Å². The van der Waals surface area contributed by atoms with Gasteiger partial charge in [0.2, 0.25) is 5.91 Å². The highest BCUT2D eigenvalue weighted by molar-refractivity contribution is 7.18. The SMILES string of the molecule is CC1CCC(C(=O)N(c2cc(-c3ccc(C#Cc4cscn4)cc3)sc2C(=O)O)C(C)C)CC1. The Kier molecular flexibility index (Phi) is 7.50. The van der Waals surface area contributed by atoms with Crippen LogP contribution in [-0.2, 0) is 4.79 Å². The average Bonchev–Trinajstić information content (AvgIpc) is 3.49. The number of carbonyl (C=O) groups is 2. The Balaban J connectivity index is 1.62. The van der Waals surface area contributed by atoms with Crippen LogP contribution in [0.2, 0.25) is 0 Å². The van der Waals surface area contributed by atoms with Crippen LogP contribution >= 0.6 is 22.7 Å². The van der Waals surface area contributed by atoms with Crippen LogP contribution in [0.3, 0.4) is 0 Å². The highest BCUT2D eigenvalue weighted by Gasteiger charge is 2.33. The summed E-state index contributed by atoms with van der Waals surface area (Å²) in [6.45, 7) is 6.12. The summed E-state index contributed by atoms with van der Waals surface area (Å²) in [6.07, 6.45) is 3.82. The standard InChI is InChI=1S/C27H28N2O3S2/c1-17(2)29(26(30)21-9-4-18(3)5-10-21)23-14-24(34-25(23)27(31)32)20-11-6-19(7-12-20)8-13-22-15-33-16-28-22/h6-7,11-12,14-18,21H,4-5,9-10H2,1-3H3,(H,31,32). The van der Waals surface area contributed by atoms with Crippen molar-refractivity contribution in [2.45, 2.75) is 52.5 Å². The second-order valence-electron chi connectivity index (χ2n) is 9.09. The van der Waals surface area contributed by atoms with Crippen molar-refractivity contribution in [3.05, 3.63) is 57.4 Å². The third-order valence-electron chi connectivity index (χ3n) is 6.22. The van der Waals surface area contributed by atoms with Crippen LogP contribution < -0.4 is 4.90 Å². The largest absolute Gasteiger partial charge is 0.477 e. The van der Waals surface area contributed by atoms with E-state index in [1.807, 2.05) is 49.6 Å². The summed E-state index contributed by atoms with van der Waals surface area (Å²) in [5.74, 6) is 5.77. The molecule has 3 aromatic rings. The molecular weight excluding hydrogens is 464 g/mol. The zero-order valence-electron chi connectivity index (χ0n) is 19.6. The van der Waals surface area contributed by atoms with Gasteiger partial charge in [0.1, 0.15) is 10.6 Å². The monoisotopic (exact) mass is 492 g/mol. The van der Waals surface area contributed by atoms with Crippen LogP contribution in [0.25, 0.3) is 10.4 Å². The molecule has 0 unspecified atom stereocenters. The molecule has 1 fully saturated rings. The number of thiazole rings is 1. The zero-order valence-corrected chi connectivity index (χ0v) is 21.2. The topological polar surface area (TPSA) is 70.5 Å². The van der Waals surface area contributed by atoms with E-state index >= 15 is 0 Å². The number of hydrogen-bond acceptors (Lipinski definition) is 5. The number of aromatic nitrogens is 1. The average molecular weight is 493 g/mol. The maximum Gasteiger partial charge on any atom is 0.348 e. The van der Waals surface area contributed by atoms with E-state index in [9.17, 15) is 14.7 Å². The Morgan fingerprint density at radius 1 is 1.12 bits per heavy atom. The van der Waals surface area contributed by atoms with E-state index in [0.717, 1.165) is 47.4 Å². The normalized spacial score (nSPS) is 17.8. The maximum absolute atomic E-state index is 13.5. The highest BCUT2D eigenvalue weighted by atomic mass is 32.1. The van der Waals surface area contributed by atoms with Crippen LogP contribution in [0.5, 0.6) is 0 Å². The van der Waals surface area contributed by atoms with Crippen LogP contribution in [0, 0.1) is 23.7 Å². The summed E-state index contributed by atoms with van der Waals surface area (Å²) >= 11 is 2.72. The molecule has 0 saturated heterocycles. The minimum atomic E-state index is -1.01. The molecular formula is C27H28N2O3S2. The number of amides is 1. The number of benzene rings is 1. The molecule has 1 aromatic carbocycles. The van der Waals surface area contributed by atoms with Gasteiger partial charge in [-0.1, -0.05) is 25.0 Å². The lowest BCUT2D eigenvalue weighted by molar-refractivity contribution is -0.123. The van der Waals surface area contributed by atoms with E-state index in [-0.39, 0.29) is 22.7 Å². The van der Waals surface area contributed by atoms with Gasteiger partial charge in [0.05, 0.1) is 11.2 Å². The molecule has 1 aliphatic carbocycles. The summed E-state index contributed by atoms with van der Waals surface area (Å²) in [5, 5.41) is 11.8. The Labute approximate surface area is 208 Å². The van der Waals surface area contributed by atoms with Crippen molar-refractivity contribution >= 4 is 40.2 Å². The van der Waals surface area contributed by atoms with Crippen LogP contribution in [0.15, 0.2) is 41.2 Å². The molecule has 1 saturated carbocycles. The molecule has 7 heteroatoms. The van der Waals surface area contributed by atoms with E-state index in [0.29, 0.717) is 11.6 Å². The molecule has 4 rings (SSSR count). The third-order valence-corrected chi connectivity index (χ3v) is 7.97. The second kappa shape index (κ2) is 10.5. The second-order valence-corrected chi connectivity index (χ2v) is 10.9. The van der Waals surface area contributed by atoms with Crippen molar-refractivity contribution in [2.75, 3.05) is 4.90 Å². The van der Waals surface area contributed by atoms with Crippen molar-refractivity contribution in [3.63, 3.8) is 0 Å². The van der Waals surface area contributed by atoms with Crippen molar-refractivity contribution in [2.24, 2.45) is 11.8 Å². The van der Waals surface area contributed by atoms with E-state index in [1.54, 1.807) is 10.4 Å². The fourth-order valence-corrected chi connectivity index (χ4v) is 5.82. The lowest BCUT2D eigenvalue weighted by Gasteiger charge is -2.33. The lowest BCUT2D eigenvalue weighted by Crippen LogP contribution is -2.42. The molecule has 2 aromatic heterocycles. The van der Waals surface area contributed by atoms with Crippen LogP contribution in [0.4, 0.5) is 5.69 Å². The molecule has 0 atom stereocenters. The number of thiophene rings is 1. The molecule has 0 bridgehead atoms. The predicted molar refractivity (Wildman–Crippen MR) is 139 cm³/mol. The fourth-order valence-electron chi connectivity index (χ4n) is 4.34. The Morgan fingerprint density at radius 2 is 1.82 bits per heavy atom. The molecule has 0 radical (unpaired) electrons. The van der Waals surface area contributed by atoms with Gasteiger partial charge in [-0.2, -0.15) is 0 Å². The van der Waals surface area contributed by atoms with Crippen LogP contribution in [0.1, 0.15) is 67.4 Å². The molecule has 1 amide bonds. The first-order valence-corrected chi connectivity index (χ1v) is 13.3. The lowest BCUT2D eigenvalue weighted by atomic mass is 9.82. The minimum absolute atomic E-state index is 0.0424. The van der Waals surface area contributed by atoms with E-state index in [4.69, 9.17) is 0 Å². The van der Waals surface area contributed by atoms with Crippen molar-refractivity contribution in [1.82, 2.24) is 4.98 Å². The molecule has 5 nitrogen and oxygen atoms in total. The number of hydrogen-bond donors (Lipinski definition) is 1. The van der Waals surface area contributed by atoms with Crippen molar-refractivity contribution in [3.8, 4) is 22.3 Å². The quantitative estimate of drug-likeness (QED) is 0.411. The number of nitrogens with zero attached hydrogens (tertiary/aromatic N) is 2. The van der Waals surface area contributed by atoms with Gasteiger partial charge in [-0.15, -0.1) is 22.7 Å². The van der Waals surface area contributed by atoms with E-state index in [2.05, 4.69) is 23.7 Å². The van der Waals surface area contributed by atoms with Gasteiger partial charge in [0, 0.05) is 27.8 Å². The van der Waals surface area contributed by atoms with Crippen LogP contribution in [-0.4, -0.2) is 28.0 Å². The minimum Gasteiger partial charge on any atom is -0.477 e. The summed E-state index contributed by atoms with van der Waals surface area (Å²) in [5.41, 5.74) is 4.76. The number of aromatic carboxylic acids is 1. The van der Waals surface area contributed by atoms with Gasteiger partial charge < -0.3 is 10.0 Å². The Bertz CT molecular complexity index is 1210. The predicted octanol–water partition coefficient (Wildman–Crippen LogP) is 6.54. The van der Waals surface area contributed by atoms with Gasteiger partial charge in [-0.05, 0) is 75.1 Å². The molecule has 176 valence electrons. The maximum atomic E-state index is 13.5. The zero-order chi connectivity index (χ0) is 24.2. The molecule has 2 heterocycles. The smallest absolute Gasteiger partial charge is 0.348 e. The molecule has 34 heavy (non-hydrogen) atoms. The molecule has 1 aliphatic rings. The molecule has 0 aliphatic heterocycles. The number of anilines is 1. The summed E-state index contributed by atoms with van der Waals surface area (Å²) in [6, 6.07) is 9.45. The van der Waals surface area contributed by atoms with Crippen molar-refractivity contribution in [1.29, 1.82) is 0 Å². The summed E-state index contributed by atoms with van der Waals surface area (Å²) in [7, 11) is 0. The summed E-state index contributed by atoms with van der Waals surface area (Å²) in [4.78, 5) is 32.5. The van der Waals surface area contributed by atoms with Gasteiger partial charge in [-0.3, -0.25) is 4.79 Å². The third kappa shape index (κ3) is 5.40. The Morgan fingerprint density at radius 3 is 2.41 bits per heavy atom. The van der Waals surface area contributed by atoms with Gasteiger partial charge in [-0.25, -0.2) is 9.78 Å². The first-order valence-electron chi connectivity index (χ1n) is 11.5. The molecule has 0 spiro atoms. The van der Waals surface area contributed by atoms with Crippen molar-refractivity contribution < 1.29 is 14.7 Å². The highest BCUT2D eigenvalue weighted by Crippen LogP contribution is 2.40. The summed E-state index contributed by atoms with van der Waals surface area (Å²) < 4.78 is 0. The fraction of sp³-hybridized carbons (Fsp3) is 0.370. The number of carboxylic acid groups (broad SMARTS) is 1. The number of carbonyl (C=O) groups excluding carboxylic acids is 1. The Hall–Kier alpha value is -2.95. The number of carboxylic acids is 1. The first kappa shape index (κ1) is 24.2. The van der Waals surface area contributed by atoms with E-state index in [1.165, 1.54) is 22.7 Å². The van der Waals surface area contributed by atoms with Gasteiger partial charge in [0.15, 0.2) is 0 Å². The molecule has 1 N–H and O–H groups in total. The number of rotatable bonds is 5. The van der Waals surface area contributed by atoms with E-state index < -0.39 is 5.97 Å².